The van der Waals surface area contributed by atoms with Gasteiger partial charge in [0.15, 0.2) is 5.78 Å². The highest BCUT2D eigenvalue weighted by atomic mass is 79.9. The highest BCUT2D eigenvalue weighted by Crippen LogP contribution is 2.35. The fraction of sp³-hybridized carbons (Fsp3) is 0.300. The third-order valence-corrected chi connectivity index (χ3v) is 6.25. The Morgan fingerprint density at radius 3 is 2.19 bits per heavy atom. The Balaban J connectivity index is 3.01. The molecule has 6 heteroatoms. The van der Waals surface area contributed by atoms with E-state index in [0.717, 1.165) is 0 Å². The summed E-state index contributed by atoms with van der Waals surface area (Å²) in [6, 6.07) is 6.72. The SMILES string of the molecule is COc1ccc(S(=O)[13C](Br)(Br)[13C](C)=O)cc1. The monoisotopic (exact) mass is 370 g/mol. The van der Waals surface area contributed by atoms with Crippen LogP contribution in [0.1, 0.15) is 6.92 Å². The molecule has 0 radical (unpaired) electrons. The summed E-state index contributed by atoms with van der Waals surface area (Å²) >= 11 is 6.24. The Morgan fingerprint density at radius 1 is 1.31 bits per heavy atom. The number of ether oxygens (including phenoxy) is 1. The molecule has 0 fully saturated rings. The van der Waals surface area contributed by atoms with Crippen LogP contribution in [0.15, 0.2) is 29.2 Å². The quantitative estimate of drug-likeness (QED) is 0.603. The van der Waals surface area contributed by atoms with E-state index < -0.39 is 13.4 Å². The number of benzene rings is 1. The van der Waals surface area contributed by atoms with E-state index in [1.54, 1.807) is 31.4 Å². The van der Waals surface area contributed by atoms with Gasteiger partial charge in [-0.1, -0.05) is 0 Å². The minimum Gasteiger partial charge on any atom is -0.497 e. The molecule has 0 saturated carbocycles. The lowest BCUT2D eigenvalue weighted by Gasteiger charge is -2.16. The molecule has 16 heavy (non-hydrogen) atoms. The van der Waals surface area contributed by atoms with Crippen molar-refractivity contribution in [2.45, 2.75) is 14.4 Å². The molecule has 0 aliphatic carbocycles. The molecule has 0 bridgehead atoms. The normalized spacial score (nSPS) is 13.2. The van der Waals surface area contributed by atoms with E-state index in [9.17, 15) is 9.00 Å². The maximum absolute atomic E-state index is 12.1. The third-order valence-electron chi connectivity index (χ3n) is 1.92. The lowest BCUT2D eigenvalue weighted by Crippen LogP contribution is -2.27. The van der Waals surface area contributed by atoms with E-state index in [0.29, 0.717) is 10.6 Å². The van der Waals surface area contributed by atoms with Gasteiger partial charge in [-0.25, -0.2) is 0 Å². The van der Waals surface area contributed by atoms with Crippen molar-refractivity contribution in [1.82, 2.24) is 0 Å². The molecule has 0 N–H and O–H groups in total. The fourth-order valence-electron chi connectivity index (χ4n) is 0.978. The standard InChI is InChI=1S/C10H10Br2O3S/c1-7(13)10(11,12)16(14)9-5-3-8(15-2)4-6-9/h3-6H,1-2H3/i7+1,10+1. The van der Waals surface area contributed by atoms with Gasteiger partial charge in [0.2, 0.25) is 2.57 Å². The summed E-state index contributed by atoms with van der Waals surface area (Å²) in [6.45, 7) is 1.37. The van der Waals surface area contributed by atoms with Crippen molar-refractivity contribution >= 4 is 48.4 Å². The molecular formula is C10H10Br2O3S. The van der Waals surface area contributed by atoms with Crippen LogP contribution in [-0.4, -0.2) is 19.7 Å². The van der Waals surface area contributed by atoms with E-state index in [1.807, 2.05) is 0 Å². The van der Waals surface area contributed by atoms with E-state index in [1.165, 1.54) is 6.92 Å². The van der Waals surface area contributed by atoms with Gasteiger partial charge in [0.1, 0.15) is 5.75 Å². The summed E-state index contributed by atoms with van der Waals surface area (Å²) in [7, 11) is 0.0505. The van der Waals surface area contributed by atoms with Crippen LogP contribution in [0.5, 0.6) is 5.75 Å². The highest BCUT2D eigenvalue weighted by molar-refractivity contribution is 9.28. The molecule has 0 aromatic heterocycles. The number of hydrogen-bond donors (Lipinski definition) is 0. The molecule has 3 nitrogen and oxygen atoms in total. The number of carbonyl (C=O) groups is 1. The molecular weight excluding hydrogens is 362 g/mol. The van der Waals surface area contributed by atoms with E-state index in [-0.39, 0.29) is 5.78 Å². The van der Waals surface area contributed by atoms with Gasteiger partial charge in [-0.05, 0) is 63.0 Å². The average Bonchev–Trinajstić information content (AvgIpc) is 2.28. The molecule has 0 spiro atoms. The number of alkyl halides is 2. The lowest BCUT2D eigenvalue weighted by atomic mass is 10.3. The summed E-state index contributed by atoms with van der Waals surface area (Å²) in [5.74, 6) is 0.431. The van der Waals surface area contributed by atoms with Crippen molar-refractivity contribution in [1.29, 1.82) is 0 Å². The van der Waals surface area contributed by atoms with Crippen molar-refractivity contribution in [3.05, 3.63) is 24.3 Å². The summed E-state index contributed by atoms with van der Waals surface area (Å²) in [4.78, 5) is 11.8. The number of Topliss-reactive ketones (excluding diaryl/α,β-unsaturated/α-hetero) is 1. The van der Waals surface area contributed by atoms with E-state index in [2.05, 4.69) is 31.9 Å². The zero-order valence-electron chi connectivity index (χ0n) is 8.70. The third kappa shape index (κ3) is 2.93. The maximum atomic E-state index is 12.1. The molecule has 1 atom stereocenters. The van der Waals surface area contributed by atoms with Crippen LogP contribution in [0.25, 0.3) is 0 Å². The summed E-state index contributed by atoms with van der Waals surface area (Å²) in [5, 5.41) is 0. The second-order valence-electron chi connectivity index (χ2n) is 3.02. The second-order valence-corrected chi connectivity index (χ2v) is 9.13. The minimum atomic E-state index is -1.51. The van der Waals surface area contributed by atoms with Crippen LogP contribution in [0, 0.1) is 0 Å². The molecule has 1 unspecified atom stereocenters. The second kappa shape index (κ2) is 5.42. The van der Waals surface area contributed by atoms with Crippen molar-refractivity contribution in [3.63, 3.8) is 0 Å². The molecule has 0 heterocycles. The number of rotatable bonds is 4. The van der Waals surface area contributed by atoms with Gasteiger partial charge in [-0.2, -0.15) is 0 Å². The van der Waals surface area contributed by atoms with E-state index >= 15 is 0 Å². The lowest BCUT2D eigenvalue weighted by molar-refractivity contribution is -0.115. The first-order valence-electron chi connectivity index (χ1n) is 4.34. The Kier molecular flexibility index (Phi) is 4.70. The predicted molar refractivity (Wildman–Crippen MR) is 70.7 cm³/mol. The van der Waals surface area contributed by atoms with Crippen LogP contribution in [0.4, 0.5) is 0 Å². The van der Waals surface area contributed by atoms with Crippen molar-refractivity contribution in [2.75, 3.05) is 7.11 Å². The largest absolute Gasteiger partial charge is 0.497 e. The van der Waals surface area contributed by atoms with Crippen LogP contribution in [0.2, 0.25) is 0 Å². The van der Waals surface area contributed by atoms with Gasteiger partial charge in [-0.3, -0.25) is 9.00 Å². The van der Waals surface area contributed by atoms with Crippen LogP contribution < -0.4 is 4.74 Å². The smallest absolute Gasteiger partial charge is 0.216 e. The molecule has 0 aliphatic rings. The Hall–Kier alpha value is -0.200. The number of ketones is 1. The average molecular weight is 372 g/mol. The first kappa shape index (κ1) is 13.9. The van der Waals surface area contributed by atoms with Gasteiger partial charge in [0.25, 0.3) is 0 Å². The Bertz CT molecular complexity index is 415. The van der Waals surface area contributed by atoms with Crippen molar-refractivity contribution < 1.29 is 13.7 Å². The van der Waals surface area contributed by atoms with Gasteiger partial charge < -0.3 is 4.74 Å². The molecule has 0 saturated heterocycles. The first-order chi connectivity index (χ1) is 7.39. The molecule has 1 aromatic carbocycles. The predicted octanol–water partition coefficient (Wildman–Crippen LogP) is 2.84. The van der Waals surface area contributed by atoms with Crippen molar-refractivity contribution in [3.8, 4) is 5.75 Å². The summed E-state index contributed by atoms with van der Waals surface area (Å²) in [5.41, 5.74) is 0. The Labute approximate surface area is 113 Å². The number of carbonyl (C=O) groups excluding carboxylic acids is 1. The van der Waals surface area contributed by atoms with Gasteiger partial charge >= 0.3 is 0 Å². The van der Waals surface area contributed by atoms with Crippen molar-refractivity contribution in [2.24, 2.45) is 0 Å². The summed E-state index contributed by atoms with van der Waals surface area (Å²) in [6.07, 6.45) is 0. The fourth-order valence-corrected chi connectivity index (χ4v) is 3.04. The summed E-state index contributed by atoms with van der Waals surface area (Å²) < 4.78 is 15.8. The topological polar surface area (TPSA) is 43.4 Å². The molecule has 1 aromatic rings. The Morgan fingerprint density at radius 2 is 1.81 bits per heavy atom. The minimum absolute atomic E-state index is 0.248. The maximum Gasteiger partial charge on any atom is 0.216 e. The zero-order valence-corrected chi connectivity index (χ0v) is 12.7. The van der Waals surface area contributed by atoms with Gasteiger partial charge in [0, 0.05) is 4.90 Å². The van der Waals surface area contributed by atoms with Crippen LogP contribution in [0.3, 0.4) is 0 Å². The van der Waals surface area contributed by atoms with Gasteiger partial charge in [0.05, 0.1) is 17.9 Å². The zero-order chi connectivity index (χ0) is 12.3. The number of methoxy groups -OCH3 is 1. The molecule has 1 rings (SSSR count). The van der Waals surface area contributed by atoms with Crippen LogP contribution >= 0.6 is 31.9 Å². The van der Waals surface area contributed by atoms with Crippen LogP contribution in [-0.2, 0) is 15.6 Å². The van der Waals surface area contributed by atoms with Gasteiger partial charge in [-0.15, -0.1) is 0 Å². The molecule has 0 amide bonds. The first-order valence-corrected chi connectivity index (χ1v) is 7.08. The van der Waals surface area contributed by atoms with E-state index in [4.69, 9.17) is 4.74 Å². The molecule has 88 valence electrons. The molecule has 0 aliphatic heterocycles. The highest BCUT2D eigenvalue weighted by Gasteiger charge is 2.37. The number of hydrogen-bond acceptors (Lipinski definition) is 3. The number of halogens is 2.